The van der Waals surface area contributed by atoms with E-state index in [1.54, 1.807) is 13.2 Å². The topological polar surface area (TPSA) is 57.2 Å². The van der Waals surface area contributed by atoms with E-state index in [2.05, 4.69) is 6.92 Å². The third-order valence-corrected chi connectivity index (χ3v) is 3.09. The molecule has 0 atom stereocenters. The third-order valence-electron chi connectivity index (χ3n) is 3.09. The molecule has 6 heteroatoms. The van der Waals surface area contributed by atoms with Crippen LogP contribution in [0.3, 0.4) is 0 Å². The maximum Gasteiger partial charge on any atom is 0.165 e. The SMILES string of the molecule is CCCCO.COCCOCCCOCCOc1ccc(C)cc1F. The molecule has 1 aromatic rings. The summed E-state index contributed by atoms with van der Waals surface area (Å²) in [5.74, 6) is -0.0707. The summed E-state index contributed by atoms with van der Waals surface area (Å²) in [7, 11) is 1.64. The number of halogens is 1. The first kappa shape index (κ1) is 23.8. The van der Waals surface area contributed by atoms with Gasteiger partial charge in [0, 0.05) is 26.9 Å². The van der Waals surface area contributed by atoms with Gasteiger partial charge < -0.3 is 24.1 Å². The minimum atomic E-state index is -0.337. The van der Waals surface area contributed by atoms with E-state index in [4.69, 9.17) is 24.1 Å². The molecule has 1 N–H and O–H groups in total. The van der Waals surface area contributed by atoms with Gasteiger partial charge in [-0.3, -0.25) is 0 Å². The number of ether oxygens (including phenoxy) is 4. The predicted octanol–water partition coefficient (Wildman–Crippen LogP) is 3.36. The number of hydrogen-bond donors (Lipinski definition) is 1. The van der Waals surface area contributed by atoms with Crippen molar-refractivity contribution >= 4 is 0 Å². The lowest BCUT2D eigenvalue weighted by Crippen LogP contribution is -2.10. The Hall–Kier alpha value is -1.21. The first-order chi connectivity index (χ1) is 12.2. The second kappa shape index (κ2) is 17.6. The standard InChI is InChI=1S/C15H23FO4.C4H10O/c1-13-4-5-15(14(16)12-13)20-11-10-19-7-3-6-18-9-8-17-2;1-2-3-4-5/h4-5,12H,3,6-11H2,1-2H3;5H,2-4H2,1H3. The number of aryl methyl sites for hydroxylation is 1. The molecule has 0 aliphatic carbocycles. The summed E-state index contributed by atoms with van der Waals surface area (Å²) in [6.45, 7) is 7.47. The Morgan fingerprint density at radius 1 is 0.960 bits per heavy atom. The van der Waals surface area contributed by atoms with Gasteiger partial charge in [-0.2, -0.15) is 0 Å². The normalized spacial score (nSPS) is 10.3. The van der Waals surface area contributed by atoms with Crippen LogP contribution in [0, 0.1) is 12.7 Å². The van der Waals surface area contributed by atoms with E-state index in [1.165, 1.54) is 6.07 Å². The molecule has 25 heavy (non-hydrogen) atoms. The smallest absolute Gasteiger partial charge is 0.165 e. The molecule has 0 heterocycles. The maximum atomic E-state index is 13.4. The summed E-state index contributed by atoms with van der Waals surface area (Å²) in [6.07, 6.45) is 2.86. The van der Waals surface area contributed by atoms with Crippen LogP contribution in [-0.2, 0) is 14.2 Å². The summed E-state index contributed by atoms with van der Waals surface area (Å²) < 4.78 is 34.3. The van der Waals surface area contributed by atoms with Crippen LogP contribution in [0.25, 0.3) is 0 Å². The molecule has 0 unspecified atom stereocenters. The van der Waals surface area contributed by atoms with Gasteiger partial charge >= 0.3 is 0 Å². The predicted molar refractivity (Wildman–Crippen MR) is 96.8 cm³/mol. The Labute approximate surface area is 151 Å². The number of benzene rings is 1. The number of methoxy groups -OCH3 is 1. The van der Waals surface area contributed by atoms with Crippen LogP contribution in [0.5, 0.6) is 5.75 Å². The highest BCUT2D eigenvalue weighted by atomic mass is 19.1. The van der Waals surface area contributed by atoms with Crippen molar-refractivity contribution in [1.29, 1.82) is 0 Å². The van der Waals surface area contributed by atoms with Crippen LogP contribution in [0.15, 0.2) is 18.2 Å². The average molecular weight is 360 g/mol. The van der Waals surface area contributed by atoms with Crippen LogP contribution < -0.4 is 4.74 Å². The minimum absolute atomic E-state index is 0.266. The molecular weight excluding hydrogens is 327 g/mol. The van der Waals surface area contributed by atoms with E-state index >= 15 is 0 Å². The fourth-order valence-electron chi connectivity index (χ4n) is 1.70. The maximum absolute atomic E-state index is 13.4. The second-order valence-electron chi connectivity index (χ2n) is 5.43. The molecule has 5 nitrogen and oxygen atoms in total. The molecule has 0 amide bonds. The lowest BCUT2D eigenvalue weighted by Gasteiger charge is -2.08. The van der Waals surface area contributed by atoms with Gasteiger partial charge in [-0.05, 0) is 37.5 Å². The first-order valence-corrected chi connectivity index (χ1v) is 8.79. The van der Waals surface area contributed by atoms with E-state index in [0.717, 1.165) is 24.8 Å². The lowest BCUT2D eigenvalue weighted by atomic mass is 10.2. The number of aliphatic hydroxyl groups excluding tert-OH is 1. The Morgan fingerprint density at radius 2 is 1.64 bits per heavy atom. The molecule has 0 spiro atoms. The van der Waals surface area contributed by atoms with Gasteiger partial charge in [-0.1, -0.05) is 19.4 Å². The second-order valence-corrected chi connectivity index (χ2v) is 5.43. The molecule has 1 rings (SSSR count). The third kappa shape index (κ3) is 14.8. The van der Waals surface area contributed by atoms with Crippen molar-refractivity contribution < 1.29 is 28.4 Å². The number of hydrogen-bond acceptors (Lipinski definition) is 5. The van der Waals surface area contributed by atoms with Crippen molar-refractivity contribution in [2.24, 2.45) is 0 Å². The fourth-order valence-corrected chi connectivity index (χ4v) is 1.70. The molecule has 1 aromatic carbocycles. The molecule has 0 aliphatic heterocycles. The van der Waals surface area contributed by atoms with Gasteiger partial charge in [0.2, 0.25) is 0 Å². The van der Waals surface area contributed by atoms with E-state index in [-0.39, 0.29) is 11.6 Å². The molecule has 0 saturated heterocycles. The van der Waals surface area contributed by atoms with Gasteiger partial charge in [-0.15, -0.1) is 0 Å². The minimum Gasteiger partial charge on any atom is -0.488 e. The Kier molecular flexibility index (Phi) is 16.8. The van der Waals surface area contributed by atoms with Gasteiger partial charge in [0.05, 0.1) is 19.8 Å². The van der Waals surface area contributed by atoms with Crippen LogP contribution in [0.2, 0.25) is 0 Å². The van der Waals surface area contributed by atoms with Gasteiger partial charge in [-0.25, -0.2) is 4.39 Å². The van der Waals surface area contributed by atoms with Crippen LogP contribution in [0.1, 0.15) is 31.7 Å². The first-order valence-electron chi connectivity index (χ1n) is 8.79. The van der Waals surface area contributed by atoms with E-state index in [0.29, 0.717) is 46.2 Å². The van der Waals surface area contributed by atoms with Crippen molar-refractivity contribution in [1.82, 2.24) is 0 Å². The van der Waals surface area contributed by atoms with E-state index < -0.39 is 0 Å². The summed E-state index contributed by atoms with van der Waals surface area (Å²) in [5.41, 5.74) is 0.875. The molecule has 0 aromatic heterocycles. The summed E-state index contributed by atoms with van der Waals surface area (Å²) in [5, 5.41) is 8.07. The molecular formula is C19H33FO5. The number of unbranched alkanes of at least 4 members (excludes halogenated alkanes) is 1. The van der Waals surface area contributed by atoms with Crippen molar-refractivity contribution in [2.75, 3.05) is 53.4 Å². The van der Waals surface area contributed by atoms with Crippen LogP contribution >= 0.6 is 0 Å². The average Bonchev–Trinajstić information content (AvgIpc) is 2.59. The van der Waals surface area contributed by atoms with E-state index in [9.17, 15) is 4.39 Å². The van der Waals surface area contributed by atoms with Gasteiger partial charge in [0.1, 0.15) is 6.61 Å². The van der Waals surface area contributed by atoms with Crippen LogP contribution in [-0.4, -0.2) is 58.5 Å². The molecule has 0 bridgehead atoms. The zero-order valence-corrected chi connectivity index (χ0v) is 15.8. The monoisotopic (exact) mass is 360 g/mol. The van der Waals surface area contributed by atoms with Crippen LogP contribution in [0.4, 0.5) is 4.39 Å². The number of rotatable bonds is 13. The highest BCUT2D eigenvalue weighted by molar-refractivity contribution is 5.28. The highest BCUT2D eigenvalue weighted by Gasteiger charge is 2.02. The molecule has 0 aliphatic rings. The van der Waals surface area contributed by atoms with Crippen molar-refractivity contribution in [2.45, 2.75) is 33.1 Å². The lowest BCUT2D eigenvalue weighted by molar-refractivity contribution is 0.0456. The number of aliphatic hydroxyl groups is 1. The van der Waals surface area contributed by atoms with E-state index in [1.807, 2.05) is 13.0 Å². The van der Waals surface area contributed by atoms with Gasteiger partial charge in [0.25, 0.3) is 0 Å². The van der Waals surface area contributed by atoms with Gasteiger partial charge in [0.15, 0.2) is 11.6 Å². The summed E-state index contributed by atoms with van der Waals surface area (Å²) in [6, 6.07) is 4.90. The summed E-state index contributed by atoms with van der Waals surface area (Å²) >= 11 is 0. The van der Waals surface area contributed by atoms with Crippen molar-refractivity contribution in [3.8, 4) is 5.75 Å². The van der Waals surface area contributed by atoms with Crippen molar-refractivity contribution in [3.05, 3.63) is 29.6 Å². The Bertz CT molecular complexity index is 413. The zero-order chi connectivity index (χ0) is 18.8. The summed E-state index contributed by atoms with van der Waals surface area (Å²) in [4.78, 5) is 0. The zero-order valence-electron chi connectivity index (χ0n) is 15.8. The molecule has 0 fully saturated rings. The Morgan fingerprint density at radius 3 is 2.16 bits per heavy atom. The molecule has 0 saturated carbocycles. The van der Waals surface area contributed by atoms with Crippen molar-refractivity contribution in [3.63, 3.8) is 0 Å². The molecule has 0 radical (unpaired) electrons. The quantitative estimate of drug-likeness (QED) is 0.547. The highest BCUT2D eigenvalue weighted by Crippen LogP contribution is 2.17. The fraction of sp³-hybridized carbons (Fsp3) is 0.684. The largest absolute Gasteiger partial charge is 0.488 e. The Balaban J connectivity index is 0.00000101. The molecule has 146 valence electrons.